The highest BCUT2D eigenvalue weighted by Crippen LogP contribution is 2.28. The molecule has 0 aromatic rings. The van der Waals surface area contributed by atoms with Gasteiger partial charge in [0.05, 0.1) is 0 Å². The molecule has 4 nitrogen and oxygen atoms in total. The average molecular weight is 200 g/mol. The predicted molar refractivity (Wildman–Crippen MR) is 55.1 cm³/mol. The van der Waals surface area contributed by atoms with E-state index >= 15 is 0 Å². The maximum absolute atomic E-state index is 10.4. The van der Waals surface area contributed by atoms with Crippen LogP contribution in [0.1, 0.15) is 32.1 Å². The maximum Gasteiger partial charge on any atom is 0.320 e. The SMILES string of the molecule is NC(CCNCCC1CCC1)C(=O)O. The Bertz CT molecular complexity index is 181. The topological polar surface area (TPSA) is 75.3 Å². The van der Waals surface area contributed by atoms with Gasteiger partial charge in [-0.3, -0.25) is 4.79 Å². The minimum Gasteiger partial charge on any atom is -0.480 e. The molecule has 0 saturated heterocycles. The molecule has 1 unspecified atom stereocenters. The van der Waals surface area contributed by atoms with Gasteiger partial charge in [0, 0.05) is 0 Å². The Hall–Kier alpha value is -0.610. The fourth-order valence-electron chi connectivity index (χ4n) is 1.59. The normalized spacial score (nSPS) is 18.9. The van der Waals surface area contributed by atoms with Crippen LogP contribution in [-0.2, 0) is 4.79 Å². The Morgan fingerprint density at radius 3 is 2.71 bits per heavy atom. The van der Waals surface area contributed by atoms with Gasteiger partial charge in [-0.05, 0) is 31.8 Å². The van der Waals surface area contributed by atoms with Crippen LogP contribution in [0.3, 0.4) is 0 Å². The van der Waals surface area contributed by atoms with Crippen LogP contribution in [0, 0.1) is 5.92 Å². The molecule has 0 heterocycles. The fraction of sp³-hybridized carbons (Fsp3) is 0.900. The van der Waals surface area contributed by atoms with Crippen molar-refractivity contribution in [2.24, 2.45) is 11.7 Å². The molecule has 0 spiro atoms. The van der Waals surface area contributed by atoms with E-state index in [1.807, 2.05) is 0 Å². The number of aliphatic carboxylic acids is 1. The highest BCUT2D eigenvalue weighted by Gasteiger charge is 2.16. The van der Waals surface area contributed by atoms with Crippen molar-refractivity contribution in [1.29, 1.82) is 0 Å². The van der Waals surface area contributed by atoms with Crippen LogP contribution in [0.15, 0.2) is 0 Å². The van der Waals surface area contributed by atoms with Crippen molar-refractivity contribution < 1.29 is 9.90 Å². The zero-order valence-electron chi connectivity index (χ0n) is 8.54. The van der Waals surface area contributed by atoms with Gasteiger partial charge < -0.3 is 16.2 Å². The number of nitrogens with two attached hydrogens (primary N) is 1. The molecule has 1 aliphatic rings. The summed E-state index contributed by atoms with van der Waals surface area (Å²) in [6.45, 7) is 1.71. The van der Waals surface area contributed by atoms with Crippen LogP contribution in [0.5, 0.6) is 0 Å². The van der Waals surface area contributed by atoms with Crippen molar-refractivity contribution in [3.05, 3.63) is 0 Å². The Balaban J connectivity index is 1.86. The molecule has 0 bridgehead atoms. The third-order valence-corrected chi connectivity index (χ3v) is 2.90. The third kappa shape index (κ3) is 4.07. The lowest BCUT2D eigenvalue weighted by atomic mass is 9.83. The van der Waals surface area contributed by atoms with Crippen molar-refractivity contribution in [3.8, 4) is 0 Å². The smallest absolute Gasteiger partial charge is 0.320 e. The zero-order valence-corrected chi connectivity index (χ0v) is 8.54. The lowest BCUT2D eigenvalue weighted by Crippen LogP contribution is -2.34. The molecule has 1 saturated carbocycles. The van der Waals surface area contributed by atoms with Gasteiger partial charge in [-0.2, -0.15) is 0 Å². The van der Waals surface area contributed by atoms with Crippen LogP contribution in [0.4, 0.5) is 0 Å². The Labute approximate surface area is 84.9 Å². The van der Waals surface area contributed by atoms with Crippen molar-refractivity contribution in [1.82, 2.24) is 5.32 Å². The lowest BCUT2D eigenvalue weighted by Gasteiger charge is -2.25. The van der Waals surface area contributed by atoms with Gasteiger partial charge in [0.25, 0.3) is 0 Å². The number of carboxylic acids is 1. The van der Waals surface area contributed by atoms with E-state index in [0.29, 0.717) is 13.0 Å². The molecular formula is C10H20N2O2. The Morgan fingerprint density at radius 2 is 2.21 bits per heavy atom. The van der Waals surface area contributed by atoms with Crippen LogP contribution in [0.2, 0.25) is 0 Å². The van der Waals surface area contributed by atoms with Crippen LogP contribution in [0.25, 0.3) is 0 Å². The van der Waals surface area contributed by atoms with Gasteiger partial charge in [-0.1, -0.05) is 19.3 Å². The van der Waals surface area contributed by atoms with Crippen molar-refractivity contribution in [2.45, 2.75) is 38.1 Å². The zero-order chi connectivity index (χ0) is 10.4. The third-order valence-electron chi connectivity index (χ3n) is 2.90. The summed E-state index contributed by atoms with van der Waals surface area (Å²) in [6, 6.07) is -0.716. The number of rotatable bonds is 7. The minimum absolute atomic E-state index is 0.514. The van der Waals surface area contributed by atoms with Crippen LogP contribution >= 0.6 is 0 Å². The fourth-order valence-corrected chi connectivity index (χ4v) is 1.59. The summed E-state index contributed by atoms with van der Waals surface area (Å²) < 4.78 is 0. The second kappa shape index (κ2) is 5.98. The van der Waals surface area contributed by atoms with E-state index in [9.17, 15) is 4.79 Å². The number of hydrogen-bond donors (Lipinski definition) is 3. The largest absolute Gasteiger partial charge is 0.480 e. The number of nitrogens with one attached hydrogen (secondary N) is 1. The molecule has 4 heteroatoms. The second-order valence-electron chi connectivity index (χ2n) is 4.07. The van der Waals surface area contributed by atoms with E-state index in [1.165, 1.54) is 25.7 Å². The monoisotopic (exact) mass is 200 g/mol. The molecule has 0 aromatic heterocycles. The van der Waals surface area contributed by atoms with E-state index in [1.54, 1.807) is 0 Å². The molecule has 1 rings (SSSR count). The Morgan fingerprint density at radius 1 is 1.50 bits per heavy atom. The van der Waals surface area contributed by atoms with Crippen molar-refractivity contribution in [2.75, 3.05) is 13.1 Å². The number of hydrogen-bond acceptors (Lipinski definition) is 3. The number of carboxylic acid groups (broad SMARTS) is 1. The first kappa shape index (κ1) is 11.5. The highest BCUT2D eigenvalue weighted by molar-refractivity contribution is 5.72. The van der Waals surface area contributed by atoms with E-state index in [4.69, 9.17) is 10.8 Å². The maximum atomic E-state index is 10.4. The average Bonchev–Trinajstić information content (AvgIpc) is 2.07. The summed E-state index contributed by atoms with van der Waals surface area (Å²) in [5.74, 6) is 0.00133. The van der Waals surface area contributed by atoms with E-state index in [2.05, 4.69) is 5.32 Å². The summed E-state index contributed by atoms with van der Waals surface area (Å²) in [7, 11) is 0. The van der Waals surface area contributed by atoms with E-state index in [0.717, 1.165) is 12.5 Å². The van der Waals surface area contributed by atoms with Gasteiger partial charge in [0.1, 0.15) is 6.04 Å². The molecule has 0 amide bonds. The van der Waals surface area contributed by atoms with Gasteiger partial charge in [-0.15, -0.1) is 0 Å². The molecule has 82 valence electrons. The first-order chi connectivity index (χ1) is 6.70. The van der Waals surface area contributed by atoms with Crippen molar-refractivity contribution in [3.63, 3.8) is 0 Å². The highest BCUT2D eigenvalue weighted by atomic mass is 16.4. The first-order valence-corrected chi connectivity index (χ1v) is 5.39. The minimum atomic E-state index is -0.911. The van der Waals surface area contributed by atoms with Gasteiger partial charge in [0.15, 0.2) is 0 Å². The summed E-state index contributed by atoms with van der Waals surface area (Å²) in [4.78, 5) is 10.4. The summed E-state index contributed by atoms with van der Waals surface area (Å²) in [5, 5.41) is 11.7. The van der Waals surface area contributed by atoms with E-state index in [-0.39, 0.29) is 0 Å². The molecule has 0 radical (unpaired) electrons. The summed E-state index contributed by atoms with van der Waals surface area (Å²) in [5.41, 5.74) is 5.36. The predicted octanol–water partition coefficient (Wildman–Crippen LogP) is 0.568. The molecule has 1 fully saturated rings. The standard InChI is InChI=1S/C10H20N2O2/c11-9(10(13)14)5-7-12-6-4-8-2-1-3-8/h8-9,12H,1-7,11H2,(H,13,14). The molecule has 14 heavy (non-hydrogen) atoms. The van der Waals surface area contributed by atoms with Crippen molar-refractivity contribution >= 4 is 5.97 Å². The molecule has 4 N–H and O–H groups in total. The van der Waals surface area contributed by atoms with Gasteiger partial charge in [-0.25, -0.2) is 0 Å². The second-order valence-corrected chi connectivity index (χ2v) is 4.07. The number of carbonyl (C=O) groups is 1. The van der Waals surface area contributed by atoms with E-state index < -0.39 is 12.0 Å². The summed E-state index contributed by atoms with van der Waals surface area (Å²) in [6.07, 6.45) is 5.86. The first-order valence-electron chi connectivity index (χ1n) is 5.39. The summed E-state index contributed by atoms with van der Waals surface area (Å²) >= 11 is 0. The quantitative estimate of drug-likeness (QED) is 0.525. The molecule has 0 aliphatic heterocycles. The van der Waals surface area contributed by atoms with Gasteiger partial charge in [0.2, 0.25) is 0 Å². The molecular weight excluding hydrogens is 180 g/mol. The lowest BCUT2D eigenvalue weighted by molar-refractivity contribution is -0.138. The van der Waals surface area contributed by atoms with Crippen LogP contribution < -0.4 is 11.1 Å². The molecule has 1 aliphatic carbocycles. The van der Waals surface area contributed by atoms with Crippen LogP contribution in [-0.4, -0.2) is 30.2 Å². The Kier molecular flexibility index (Phi) is 4.90. The molecule has 0 aromatic carbocycles. The van der Waals surface area contributed by atoms with Gasteiger partial charge >= 0.3 is 5.97 Å². The molecule has 1 atom stereocenters.